The largest absolute Gasteiger partial charge is 0.490 e. The molecule has 12 heteroatoms. The monoisotopic (exact) mass is 436 g/mol. The zero-order valence-electron chi connectivity index (χ0n) is 17.1. The molecular weight excluding hydrogens is 409 g/mol. The summed E-state index contributed by atoms with van der Waals surface area (Å²) >= 11 is 0. The van der Waals surface area contributed by atoms with Crippen molar-refractivity contribution in [3.63, 3.8) is 0 Å². The molecule has 1 aliphatic carbocycles. The second-order valence-corrected chi connectivity index (χ2v) is 7.41. The molecule has 1 amide bonds. The summed E-state index contributed by atoms with van der Waals surface area (Å²) in [5.74, 6) is -2.76. The van der Waals surface area contributed by atoms with E-state index in [1.807, 2.05) is 17.9 Å². The van der Waals surface area contributed by atoms with Crippen LogP contribution in [0, 0.1) is 0 Å². The van der Waals surface area contributed by atoms with Crippen LogP contribution in [0.3, 0.4) is 0 Å². The van der Waals surface area contributed by atoms with Crippen LogP contribution in [0.15, 0.2) is 12.4 Å². The van der Waals surface area contributed by atoms with Crippen LogP contribution in [-0.2, 0) is 32.7 Å². The molecule has 9 nitrogen and oxygen atoms in total. The van der Waals surface area contributed by atoms with Crippen LogP contribution in [0.1, 0.15) is 18.4 Å². The highest BCUT2D eigenvalue weighted by molar-refractivity contribution is 5.76. The van der Waals surface area contributed by atoms with Gasteiger partial charge in [-0.3, -0.25) is 14.4 Å². The number of fused-ring (bicyclic) bond motifs is 1. The van der Waals surface area contributed by atoms with Gasteiger partial charge >= 0.3 is 12.1 Å². The number of alkyl halides is 3. The van der Waals surface area contributed by atoms with Gasteiger partial charge in [-0.25, -0.2) is 4.79 Å². The Morgan fingerprint density at radius 1 is 1.37 bits per heavy atom. The molecule has 1 N–H and O–H groups in total. The highest BCUT2D eigenvalue weighted by Crippen LogP contribution is 2.33. The number of nitrogens with zero attached hydrogens (tertiary/aromatic N) is 4. The molecule has 1 saturated heterocycles. The first-order valence-electron chi connectivity index (χ1n) is 9.44. The zero-order valence-corrected chi connectivity index (χ0v) is 17.1. The lowest BCUT2D eigenvalue weighted by molar-refractivity contribution is -0.192. The van der Waals surface area contributed by atoms with E-state index in [1.165, 1.54) is 5.56 Å². The van der Waals surface area contributed by atoms with Gasteiger partial charge in [-0.1, -0.05) is 0 Å². The number of aliphatic carboxylic acids is 1. The third-order valence-electron chi connectivity index (χ3n) is 4.96. The Morgan fingerprint density at radius 2 is 2.03 bits per heavy atom. The maximum atomic E-state index is 11.7. The van der Waals surface area contributed by atoms with Crippen molar-refractivity contribution in [2.75, 3.05) is 33.9 Å². The quantitative estimate of drug-likeness (QED) is 0.732. The van der Waals surface area contributed by atoms with E-state index >= 15 is 0 Å². The number of halogens is 3. The second-order valence-electron chi connectivity index (χ2n) is 7.41. The molecule has 0 spiro atoms. The van der Waals surface area contributed by atoms with Gasteiger partial charge in [-0.15, -0.1) is 0 Å². The SMILES string of the molecule is CN(C)C(=O)CO[C@@H]1CC[C@H]2[C@H]1OCCN2Cc1cnn(C)c1.O=C(O)C(F)(F)F. The molecular formula is C18H27F3N4O5. The summed E-state index contributed by atoms with van der Waals surface area (Å²) < 4.78 is 45.4. The number of rotatable bonds is 5. The maximum absolute atomic E-state index is 11.7. The standard InChI is InChI=1S/C16H26N4O3.C2HF3O2/c1-18(2)15(21)11-23-14-5-4-13-16(14)22-7-6-20(13)10-12-8-17-19(3)9-12;3-2(4,5)1(6)7/h8-9,13-14,16H,4-7,10-11H2,1-3H3;(H,6,7)/t13-,14+,16+;/m0./s1. The van der Waals surface area contributed by atoms with Crippen molar-refractivity contribution in [3.05, 3.63) is 18.0 Å². The van der Waals surface area contributed by atoms with Crippen molar-refractivity contribution in [1.82, 2.24) is 19.6 Å². The van der Waals surface area contributed by atoms with E-state index in [9.17, 15) is 18.0 Å². The number of amides is 1. The van der Waals surface area contributed by atoms with E-state index in [0.717, 1.165) is 25.9 Å². The number of aryl methyl sites for hydroxylation is 1. The molecule has 1 aromatic rings. The van der Waals surface area contributed by atoms with Crippen LogP contribution in [0.25, 0.3) is 0 Å². The number of carbonyl (C=O) groups excluding carboxylic acids is 1. The smallest absolute Gasteiger partial charge is 0.475 e. The molecule has 170 valence electrons. The van der Waals surface area contributed by atoms with Crippen LogP contribution in [0.5, 0.6) is 0 Å². The van der Waals surface area contributed by atoms with E-state index in [4.69, 9.17) is 19.4 Å². The first kappa shape index (κ1) is 24.1. The summed E-state index contributed by atoms with van der Waals surface area (Å²) in [7, 11) is 5.43. The fourth-order valence-electron chi connectivity index (χ4n) is 3.46. The minimum absolute atomic E-state index is 0.00326. The number of hydrogen-bond donors (Lipinski definition) is 1. The molecule has 0 bridgehead atoms. The van der Waals surface area contributed by atoms with Crippen LogP contribution >= 0.6 is 0 Å². The molecule has 1 saturated carbocycles. The van der Waals surface area contributed by atoms with Crippen molar-refractivity contribution in [1.29, 1.82) is 0 Å². The number of likely N-dealkylation sites (N-methyl/N-ethyl adjacent to an activating group) is 1. The number of morpholine rings is 1. The van der Waals surface area contributed by atoms with Gasteiger partial charge in [-0.2, -0.15) is 18.3 Å². The molecule has 2 heterocycles. The molecule has 0 unspecified atom stereocenters. The summed E-state index contributed by atoms with van der Waals surface area (Å²) in [6.07, 6.45) is 0.966. The predicted octanol–water partition coefficient (Wildman–Crippen LogP) is 0.890. The molecule has 2 aliphatic rings. The minimum atomic E-state index is -5.08. The molecule has 1 aliphatic heterocycles. The Bertz CT molecular complexity index is 725. The molecule has 0 aromatic carbocycles. The summed E-state index contributed by atoms with van der Waals surface area (Å²) in [5, 5.41) is 11.4. The summed E-state index contributed by atoms with van der Waals surface area (Å²) in [4.78, 5) is 24.6. The van der Waals surface area contributed by atoms with Gasteiger partial charge in [-0.05, 0) is 12.8 Å². The van der Waals surface area contributed by atoms with Gasteiger partial charge in [0.15, 0.2) is 0 Å². The summed E-state index contributed by atoms with van der Waals surface area (Å²) in [6, 6.07) is 0.364. The van der Waals surface area contributed by atoms with E-state index < -0.39 is 12.1 Å². The first-order valence-corrected chi connectivity index (χ1v) is 9.44. The number of carboxylic acids is 1. The van der Waals surface area contributed by atoms with Crippen molar-refractivity contribution in [2.24, 2.45) is 7.05 Å². The molecule has 2 fully saturated rings. The topological polar surface area (TPSA) is 97.1 Å². The Hall–Kier alpha value is -2.18. The minimum Gasteiger partial charge on any atom is -0.475 e. The molecule has 3 atom stereocenters. The average molecular weight is 436 g/mol. The first-order chi connectivity index (χ1) is 14.0. The van der Waals surface area contributed by atoms with E-state index in [1.54, 1.807) is 19.0 Å². The Kier molecular flexibility index (Phi) is 8.21. The summed E-state index contributed by atoms with van der Waals surface area (Å²) in [6.45, 7) is 2.66. The van der Waals surface area contributed by atoms with Crippen LogP contribution in [0.4, 0.5) is 13.2 Å². The van der Waals surface area contributed by atoms with E-state index in [2.05, 4.69) is 16.2 Å². The predicted molar refractivity (Wildman–Crippen MR) is 98.5 cm³/mol. The summed E-state index contributed by atoms with van der Waals surface area (Å²) in [5.41, 5.74) is 1.22. The highest BCUT2D eigenvalue weighted by atomic mass is 19.4. The number of carbonyl (C=O) groups is 2. The van der Waals surface area contributed by atoms with Gasteiger partial charge in [0.2, 0.25) is 5.91 Å². The average Bonchev–Trinajstić information content (AvgIpc) is 3.26. The van der Waals surface area contributed by atoms with Crippen molar-refractivity contribution < 1.29 is 37.3 Å². The molecule has 30 heavy (non-hydrogen) atoms. The van der Waals surface area contributed by atoms with Crippen molar-refractivity contribution in [2.45, 2.75) is 43.8 Å². The number of hydrogen-bond acceptors (Lipinski definition) is 6. The Morgan fingerprint density at radius 3 is 2.57 bits per heavy atom. The van der Waals surface area contributed by atoms with Gasteiger partial charge < -0.3 is 19.5 Å². The van der Waals surface area contributed by atoms with E-state index in [-0.39, 0.29) is 24.7 Å². The lowest BCUT2D eigenvalue weighted by Gasteiger charge is -2.38. The van der Waals surface area contributed by atoms with Crippen LogP contribution < -0.4 is 0 Å². The Labute approximate surface area is 172 Å². The van der Waals surface area contributed by atoms with Crippen molar-refractivity contribution >= 4 is 11.9 Å². The maximum Gasteiger partial charge on any atom is 0.490 e. The van der Waals surface area contributed by atoms with Gasteiger partial charge in [0, 0.05) is 52.0 Å². The second kappa shape index (κ2) is 10.2. The van der Waals surface area contributed by atoms with Gasteiger partial charge in [0.25, 0.3) is 0 Å². The molecule has 3 rings (SSSR count). The zero-order chi connectivity index (χ0) is 22.5. The lowest BCUT2D eigenvalue weighted by atomic mass is 10.1. The van der Waals surface area contributed by atoms with Crippen molar-refractivity contribution in [3.8, 4) is 0 Å². The van der Waals surface area contributed by atoms with E-state index in [0.29, 0.717) is 12.6 Å². The number of ether oxygens (including phenoxy) is 2. The number of carboxylic acid groups (broad SMARTS) is 1. The lowest BCUT2D eigenvalue weighted by Crippen LogP contribution is -2.51. The third-order valence-corrected chi connectivity index (χ3v) is 4.96. The molecule has 0 radical (unpaired) electrons. The normalized spacial score (nSPS) is 24.0. The fraction of sp³-hybridized carbons (Fsp3) is 0.722. The fourth-order valence-corrected chi connectivity index (χ4v) is 3.46. The van der Waals surface area contributed by atoms with Gasteiger partial charge in [0.1, 0.15) is 6.61 Å². The Balaban J connectivity index is 0.000000396. The number of aromatic nitrogens is 2. The molecule has 1 aromatic heterocycles. The van der Waals surface area contributed by atoms with Crippen LogP contribution in [0.2, 0.25) is 0 Å². The van der Waals surface area contributed by atoms with Crippen LogP contribution in [-0.4, -0.2) is 94.8 Å². The highest BCUT2D eigenvalue weighted by Gasteiger charge is 2.43. The third kappa shape index (κ3) is 6.67. The van der Waals surface area contributed by atoms with Gasteiger partial charge in [0.05, 0.1) is 25.0 Å².